The summed E-state index contributed by atoms with van der Waals surface area (Å²) in [5, 5.41) is 0. The maximum atomic E-state index is 12.0. The van der Waals surface area contributed by atoms with Gasteiger partial charge in [0, 0.05) is 11.6 Å². The minimum Gasteiger partial charge on any atom is -0.463 e. The van der Waals surface area contributed by atoms with E-state index in [9.17, 15) is 9.59 Å². The topological polar surface area (TPSA) is 81.6 Å². The maximum Gasteiger partial charge on any atom is 0.373 e. The van der Waals surface area contributed by atoms with Crippen molar-refractivity contribution in [3.8, 4) is 0 Å². The molecule has 2 unspecified atom stereocenters. The Morgan fingerprint density at radius 1 is 1.32 bits per heavy atom. The lowest BCUT2D eigenvalue weighted by Crippen LogP contribution is -2.27. The Hall–Kier alpha value is -2.47. The molecule has 2 atom stereocenters. The molecule has 6 heteroatoms. The Labute approximate surface area is 128 Å². The summed E-state index contributed by atoms with van der Waals surface area (Å²) in [4.78, 5) is 24.0. The number of benzene rings is 1. The van der Waals surface area contributed by atoms with Gasteiger partial charge in [-0.1, -0.05) is 30.3 Å². The SMILES string of the molecule is CCOC(=O)C(OC(=O)C[N+]1=CC(N)C=C1)c1ccccc1. The van der Waals surface area contributed by atoms with Crippen LogP contribution >= 0.6 is 0 Å². The van der Waals surface area contributed by atoms with Crippen LogP contribution in [0.2, 0.25) is 0 Å². The van der Waals surface area contributed by atoms with Gasteiger partial charge >= 0.3 is 11.9 Å². The van der Waals surface area contributed by atoms with E-state index in [1.165, 1.54) is 0 Å². The van der Waals surface area contributed by atoms with Crippen molar-refractivity contribution in [3.63, 3.8) is 0 Å². The van der Waals surface area contributed by atoms with Gasteiger partial charge in [0.25, 0.3) is 0 Å². The largest absolute Gasteiger partial charge is 0.463 e. The number of hydrogen-bond donors (Lipinski definition) is 1. The molecule has 0 aliphatic carbocycles. The normalized spacial score (nSPS) is 17.7. The Morgan fingerprint density at radius 2 is 2.05 bits per heavy atom. The second-order valence-electron chi connectivity index (χ2n) is 4.77. The highest BCUT2D eigenvalue weighted by atomic mass is 16.6. The molecule has 6 nitrogen and oxygen atoms in total. The van der Waals surface area contributed by atoms with Gasteiger partial charge in [-0.3, -0.25) is 0 Å². The summed E-state index contributed by atoms with van der Waals surface area (Å²) in [5.74, 6) is -1.11. The molecule has 2 N–H and O–H groups in total. The van der Waals surface area contributed by atoms with Crippen molar-refractivity contribution in [1.82, 2.24) is 0 Å². The van der Waals surface area contributed by atoms with Crippen LogP contribution in [0.15, 0.2) is 42.6 Å². The van der Waals surface area contributed by atoms with Crippen molar-refractivity contribution in [2.75, 3.05) is 13.2 Å². The summed E-state index contributed by atoms with van der Waals surface area (Å²) in [6.45, 7) is 1.91. The first-order chi connectivity index (χ1) is 10.6. The number of nitrogens with two attached hydrogens (primary N) is 1. The Morgan fingerprint density at radius 3 is 2.64 bits per heavy atom. The van der Waals surface area contributed by atoms with E-state index in [-0.39, 0.29) is 19.2 Å². The highest BCUT2D eigenvalue weighted by Gasteiger charge is 2.28. The van der Waals surface area contributed by atoms with E-state index in [0.717, 1.165) is 0 Å². The third-order valence-corrected chi connectivity index (χ3v) is 3.03. The van der Waals surface area contributed by atoms with Gasteiger partial charge in [0.1, 0.15) is 6.04 Å². The molecule has 1 aromatic carbocycles. The molecule has 1 aliphatic rings. The fraction of sp³-hybridized carbons (Fsp3) is 0.312. The highest BCUT2D eigenvalue weighted by molar-refractivity contribution is 5.81. The van der Waals surface area contributed by atoms with E-state index in [1.54, 1.807) is 54.3 Å². The predicted molar refractivity (Wildman–Crippen MR) is 80.2 cm³/mol. The molecule has 0 fully saturated rings. The maximum absolute atomic E-state index is 12.0. The Balaban J connectivity index is 2.06. The first kappa shape index (κ1) is 15.9. The zero-order chi connectivity index (χ0) is 15.9. The number of ether oxygens (including phenoxy) is 2. The van der Waals surface area contributed by atoms with Gasteiger partial charge in [-0.05, 0) is 6.92 Å². The minimum atomic E-state index is -1.06. The van der Waals surface area contributed by atoms with Gasteiger partial charge in [0.2, 0.25) is 12.6 Å². The molecule has 0 aromatic heterocycles. The fourth-order valence-corrected chi connectivity index (χ4v) is 2.05. The second kappa shape index (κ2) is 7.51. The molecule has 0 saturated heterocycles. The van der Waals surface area contributed by atoms with Gasteiger partial charge in [-0.25, -0.2) is 9.59 Å². The van der Waals surface area contributed by atoms with Crippen LogP contribution in [0.4, 0.5) is 0 Å². The molecular weight excluding hydrogens is 284 g/mol. The number of carbonyl (C=O) groups excluding carboxylic acids is 2. The van der Waals surface area contributed by atoms with E-state index < -0.39 is 18.0 Å². The van der Waals surface area contributed by atoms with Crippen LogP contribution in [0.5, 0.6) is 0 Å². The first-order valence-electron chi connectivity index (χ1n) is 7.06. The molecule has 2 rings (SSSR count). The second-order valence-corrected chi connectivity index (χ2v) is 4.77. The molecule has 22 heavy (non-hydrogen) atoms. The molecule has 0 saturated carbocycles. The quantitative estimate of drug-likeness (QED) is 0.620. The lowest BCUT2D eigenvalue weighted by Gasteiger charge is -2.16. The summed E-state index contributed by atoms with van der Waals surface area (Å²) in [6, 6.07) is 8.58. The van der Waals surface area contributed by atoms with Crippen molar-refractivity contribution in [3.05, 3.63) is 48.2 Å². The van der Waals surface area contributed by atoms with Crippen LogP contribution in [0, 0.1) is 0 Å². The molecule has 1 heterocycles. The predicted octanol–water partition coefficient (Wildman–Crippen LogP) is 0.772. The van der Waals surface area contributed by atoms with Gasteiger partial charge < -0.3 is 15.2 Å². The van der Waals surface area contributed by atoms with Crippen LogP contribution in [0.25, 0.3) is 0 Å². The van der Waals surface area contributed by atoms with E-state index in [1.807, 2.05) is 6.07 Å². The monoisotopic (exact) mass is 303 g/mol. The van der Waals surface area contributed by atoms with Gasteiger partial charge in [0.05, 0.1) is 6.61 Å². The molecule has 0 amide bonds. The van der Waals surface area contributed by atoms with Crippen molar-refractivity contribution in [2.45, 2.75) is 19.1 Å². The smallest absolute Gasteiger partial charge is 0.373 e. The third kappa shape index (κ3) is 4.26. The average molecular weight is 303 g/mol. The van der Waals surface area contributed by atoms with Gasteiger partial charge in [-0.2, -0.15) is 4.58 Å². The van der Waals surface area contributed by atoms with Crippen LogP contribution in [0.1, 0.15) is 18.6 Å². The van der Waals surface area contributed by atoms with Gasteiger partial charge in [0.15, 0.2) is 12.4 Å². The number of hydrogen-bond acceptors (Lipinski definition) is 5. The number of rotatable bonds is 6. The minimum absolute atomic E-state index is 0.00701. The van der Waals surface area contributed by atoms with Crippen molar-refractivity contribution < 1.29 is 23.6 Å². The van der Waals surface area contributed by atoms with Crippen molar-refractivity contribution >= 4 is 18.2 Å². The summed E-state index contributed by atoms with van der Waals surface area (Å²) >= 11 is 0. The standard InChI is InChI=1S/C16H19N2O4/c1-2-21-16(20)15(12-6-4-3-5-7-12)22-14(19)11-18-9-8-13(17)10-18/h3-10,13,15H,2,11,17H2,1H3/q+1. The lowest BCUT2D eigenvalue weighted by molar-refractivity contribution is -0.440. The van der Waals surface area contributed by atoms with Crippen LogP contribution in [-0.4, -0.2) is 41.9 Å². The molecule has 0 spiro atoms. The van der Waals surface area contributed by atoms with E-state index in [0.29, 0.717) is 5.56 Å². The molecule has 0 radical (unpaired) electrons. The van der Waals surface area contributed by atoms with Crippen LogP contribution < -0.4 is 5.73 Å². The number of carbonyl (C=O) groups is 2. The van der Waals surface area contributed by atoms with E-state index in [2.05, 4.69) is 0 Å². The molecular formula is C16H19N2O4+. The van der Waals surface area contributed by atoms with Crippen molar-refractivity contribution in [2.24, 2.45) is 5.73 Å². The lowest BCUT2D eigenvalue weighted by atomic mass is 10.1. The summed E-state index contributed by atoms with van der Waals surface area (Å²) in [7, 11) is 0. The van der Waals surface area contributed by atoms with Crippen LogP contribution in [0.3, 0.4) is 0 Å². The summed E-state index contributed by atoms with van der Waals surface area (Å²) < 4.78 is 11.9. The zero-order valence-corrected chi connectivity index (χ0v) is 12.3. The summed E-state index contributed by atoms with van der Waals surface area (Å²) in [6.07, 6.45) is 4.10. The highest BCUT2D eigenvalue weighted by Crippen LogP contribution is 2.19. The molecule has 116 valence electrons. The van der Waals surface area contributed by atoms with Crippen molar-refractivity contribution in [1.29, 1.82) is 0 Å². The van der Waals surface area contributed by atoms with Crippen LogP contribution in [-0.2, 0) is 19.1 Å². The first-order valence-corrected chi connectivity index (χ1v) is 7.06. The molecule has 1 aliphatic heterocycles. The summed E-state index contributed by atoms with van der Waals surface area (Å²) in [5.41, 5.74) is 6.25. The number of nitrogens with zero attached hydrogens (tertiary/aromatic N) is 1. The molecule has 0 bridgehead atoms. The van der Waals surface area contributed by atoms with Gasteiger partial charge in [-0.15, -0.1) is 0 Å². The zero-order valence-electron chi connectivity index (χ0n) is 12.3. The van der Waals surface area contributed by atoms with E-state index in [4.69, 9.17) is 15.2 Å². The number of esters is 2. The fourth-order valence-electron chi connectivity index (χ4n) is 2.05. The Bertz CT molecular complexity index is 595. The third-order valence-electron chi connectivity index (χ3n) is 3.03. The van der Waals surface area contributed by atoms with E-state index >= 15 is 0 Å². The Kier molecular flexibility index (Phi) is 5.43. The average Bonchev–Trinajstić information content (AvgIpc) is 2.91. The molecule has 1 aromatic rings.